The van der Waals surface area contributed by atoms with Gasteiger partial charge in [-0.3, -0.25) is 0 Å². The van der Waals surface area contributed by atoms with Gasteiger partial charge in [-0.1, -0.05) is 31.9 Å². The zero-order valence-corrected chi connectivity index (χ0v) is 11.7. The predicted octanol–water partition coefficient (Wildman–Crippen LogP) is 4.07. The fourth-order valence-electron chi connectivity index (χ4n) is 1.12. The SMILES string of the molecule is Fc1cc(Br)ccc1Oc1ncc(CBr)cn1. The highest BCUT2D eigenvalue weighted by Crippen LogP contribution is 2.24. The summed E-state index contributed by atoms with van der Waals surface area (Å²) in [4.78, 5) is 7.93. The second kappa shape index (κ2) is 5.55. The fourth-order valence-corrected chi connectivity index (χ4v) is 1.74. The van der Waals surface area contributed by atoms with E-state index in [1.165, 1.54) is 12.1 Å². The molecule has 1 heterocycles. The lowest BCUT2D eigenvalue weighted by Gasteiger charge is -2.05. The summed E-state index contributed by atoms with van der Waals surface area (Å²) in [6.07, 6.45) is 3.24. The molecule has 3 nitrogen and oxygen atoms in total. The molecule has 0 unspecified atom stereocenters. The summed E-state index contributed by atoms with van der Waals surface area (Å²) >= 11 is 6.45. The molecule has 0 N–H and O–H groups in total. The molecule has 1 aromatic heterocycles. The van der Waals surface area contributed by atoms with Gasteiger partial charge in [0.15, 0.2) is 11.6 Å². The van der Waals surface area contributed by atoms with Crippen LogP contribution in [0, 0.1) is 5.82 Å². The molecule has 2 rings (SSSR count). The largest absolute Gasteiger partial charge is 0.421 e. The minimum Gasteiger partial charge on any atom is -0.421 e. The van der Waals surface area contributed by atoms with E-state index in [9.17, 15) is 4.39 Å². The predicted molar refractivity (Wildman–Crippen MR) is 68.8 cm³/mol. The van der Waals surface area contributed by atoms with Crippen molar-refractivity contribution in [3.05, 3.63) is 46.4 Å². The van der Waals surface area contributed by atoms with E-state index >= 15 is 0 Å². The first-order chi connectivity index (χ1) is 8.19. The summed E-state index contributed by atoms with van der Waals surface area (Å²) < 4.78 is 19.3. The van der Waals surface area contributed by atoms with E-state index in [0.717, 1.165) is 5.56 Å². The molecule has 1 aromatic carbocycles. The normalized spacial score (nSPS) is 10.3. The van der Waals surface area contributed by atoms with E-state index in [1.807, 2.05) is 0 Å². The number of halogens is 3. The maximum absolute atomic E-state index is 13.5. The van der Waals surface area contributed by atoms with Crippen LogP contribution in [0.4, 0.5) is 4.39 Å². The monoisotopic (exact) mass is 360 g/mol. The summed E-state index contributed by atoms with van der Waals surface area (Å²) in [6, 6.07) is 4.64. The molecular weight excluding hydrogens is 355 g/mol. The first kappa shape index (κ1) is 12.4. The van der Waals surface area contributed by atoms with Gasteiger partial charge in [0.25, 0.3) is 0 Å². The molecule has 17 heavy (non-hydrogen) atoms. The smallest absolute Gasteiger partial charge is 0.321 e. The number of alkyl halides is 1. The summed E-state index contributed by atoms with van der Waals surface area (Å²) in [7, 11) is 0. The van der Waals surface area contributed by atoms with E-state index in [1.54, 1.807) is 18.5 Å². The standard InChI is InChI=1S/C11H7Br2FN2O/c12-4-7-5-15-11(16-6-7)17-10-2-1-8(13)3-9(10)14/h1-3,5-6H,4H2. The van der Waals surface area contributed by atoms with Crippen LogP contribution in [-0.2, 0) is 5.33 Å². The molecule has 0 radical (unpaired) electrons. The van der Waals surface area contributed by atoms with Gasteiger partial charge < -0.3 is 4.74 Å². The highest BCUT2D eigenvalue weighted by atomic mass is 79.9. The number of nitrogens with zero attached hydrogens (tertiary/aromatic N) is 2. The molecule has 0 atom stereocenters. The molecule has 88 valence electrons. The van der Waals surface area contributed by atoms with Gasteiger partial charge >= 0.3 is 6.01 Å². The molecule has 0 saturated carbocycles. The van der Waals surface area contributed by atoms with Crippen LogP contribution in [-0.4, -0.2) is 9.97 Å². The van der Waals surface area contributed by atoms with Crippen LogP contribution in [0.25, 0.3) is 0 Å². The lowest BCUT2D eigenvalue weighted by Crippen LogP contribution is -1.94. The number of ether oxygens (including phenoxy) is 1. The lowest BCUT2D eigenvalue weighted by molar-refractivity contribution is 0.410. The molecule has 0 aliphatic carbocycles. The molecule has 6 heteroatoms. The van der Waals surface area contributed by atoms with Crippen LogP contribution in [0.1, 0.15) is 5.56 Å². The van der Waals surface area contributed by atoms with Crippen molar-refractivity contribution in [3.8, 4) is 11.8 Å². The van der Waals surface area contributed by atoms with E-state index in [4.69, 9.17) is 4.74 Å². The third-order valence-corrected chi connectivity index (χ3v) is 3.07. The molecular formula is C11H7Br2FN2O. The van der Waals surface area contributed by atoms with Gasteiger partial charge in [0, 0.05) is 22.2 Å². The van der Waals surface area contributed by atoms with Crippen molar-refractivity contribution in [2.24, 2.45) is 0 Å². The summed E-state index contributed by atoms with van der Waals surface area (Å²) in [5, 5.41) is 0.667. The Kier molecular flexibility index (Phi) is 4.06. The second-order valence-corrected chi connectivity index (χ2v) is 4.66. The van der Waals surface area contributed by atoms with Gasteiger partial charge in [-0.15, -0.1) is 0 Å². The molecule has 0 bridgehead atoms. The Hall–Kier alpha value is -1.01. The van der Waals surface area contributed by atoms with Crippen molar-refractivity contribution in [1.82, 2.24) is 9.97 Å². The highest BCUT2D eigenvalue weighted by molar-refractivity contribution is 9.10. The Morgan fingerprint density at radius 2 is 1.94 bits per heavy atom. The fraction of sp³-hybridized carbons (Fsp3) is 0.0909. The zero-order valence-electron chi connectivity index (χ0n) is 8.53. The van der Waals surface area contributed by atoms with Gasteiger partial charge in [0.05, 0.1) is 0 Å². The third kappa shape index (κ3) is 3.23. The first-order valence-corrected chi connectivity index (χ1v) is 6.60. The molecule has 0 spiro atoms. The molecule has 0 amide bonds. The number of benzene rings is 1. The highest BCUT2D eigenvalue weighted by Gasteiger charge is 2.06. The number of hydrogen-bond acceptors (Lipinski definition) is 3. The molecule has 0 fully saturated rings. The van der Waals surface area contributed by atoms with Crippen molar-refractivity contribution in [3.63, 3.8) is 0 Å². The molecule has 0 aliphatic rings. The van der Waals surface area contributed by atoms with Crippen LogP contribution in [0.3, 0.4) is 0 Å². The number of rotatable bonds is 3. The van der Waals surface area contributed by atoms with Crippen molar-refractivity contribution >= 4 is 31.9 Å². The summed E-state index contributed by atoms with van der Waals surface area (Å²) in [5.41, 5.74) is 0.925. The Morgan fingerprint density at radius 1 is 1.24 bits per heavy atom. The molecule has 0 aliphatic heterocycles. The van der Waals surface area contributed by atoms with Crippen molar-refractivity contribution in [2.75, 3.05) is 0 Å². The minimum atomic E-state index is -0.465. The molecule has 0 saturated heterocycles. The number of hydrogen-bond donors (Lipinski definition) is 0. The topological polar surface area (TPSA) is 35.0 Å². The van der Waals surface area contributed by atoms with Crippen molar-refractivity contribution in [2.45, 2.75) is 5.33 Å². The van der Waals surface area contributed by atoms with Crippen molar-refractivity contribution in [1.29, 1.82) is 0 Å². The Morgan fingerprint density at radius 3 is 2.53 bits per heavy atom. The van der Waals surface area contributed by atoms with Crippen LogP contribution in [0.5, 0.6) is 11.8 Å². The Bertz CT molecular complexity index is 519. The zero-order chi connectivity index (χ0) is 12.3. The average Bonchev–Trinajstić information content (AvgIpc) is 2.34. The third-order valence-electron chi connectivity index (χ3n) is 1.93. The minimum absolute atomic E-state index is 0.0970. The van der Waals surface area contributed by atoms with Gasteiger partial charge in [-0.05, 0) is 23.8 Å². The quantitative estimate of drug-likeness (QED) is 0.773. The maximum Gasteiger partial charge on any atom is 0.321 e. The van der Waals surface area contributed by atoms with Crippen LogP contribution in [0.2, 0.25) is 0 Å². The molecule has 2 aromatic rings. The summed E-state index contributed by atoms with van der Waals surface area (Å²) in [6.45, 7) is 0. The first-order valence-electron chi connectivity index (χ1n) is 4.69. The van der Waals surface area contributed by atoms with Gasteiger partial charge in [-0.2, -0.15) is 0 Å². The maximum atomic E-state index is 13.5. The van der Waals surface area contributed by atoms with E-state index in [0.29, 0.717) is 9.80 Å². The Labute approximate surface area is 114 Å². The number of aromatic nitrogens is 2. The summed E-state index contributed by atoms with van der Waals surface area (Å²) in [5.74, 6) is -0.368. The Balaban J connectivity index is 2.19. The van der Waals surface area contributed by atoms with Crippen molar-refractivity contribution < 1.29 is 9.13 Å². The van der Waals surface area contributed by atoms with Crippen LogP contribution in [0.15, 0.2) is 35.1 Å². The average molecular weight is 362 g/mol. The van der Waals surface area contributed by atoms with E-state index in [2.05, 4.69) is 41.8 Å². The van der Waals surface area contributed by atoms with Crippen LogP contribution < -0.4 is 4.74 Å². The van der Waals surface area contributed by atoms with E-state index in [-0.39, 0.29) is 11.8 Å². The lowest BCUT2D eigenvalue weighted by atomic mass is 10.3. The van der Waals surface area contributed by atoms with Gasteiger partial charge in [-0.25, -0.2) is 14.4 Å². The van der Waals surface area contributed by atoms with E-state index < -0.39 is 5.82 Å². The second-order valence-electron chi connectivity index (χ2n) is 3.18. The van der Waals surface area contributed by atoms with Gasteiger partial charge in [0.1, 0.15) is 0 Å². The van der Waals surface area contributed by atoms with Crippen LogP contribution >= 0.6 is 31.9 Å². The van der Waals surface area contributed by atoms with Gasteiger partial charge in [0.2, 0.25) is 0 Å².